The Labute approximate surface area is 121 Å². The second kappa shape index (κ2) is 6.86. The SMILES string of the molecule is Cl.N=C(N)c1ccc(OCc2ccc(F)cc2)c(F)c1. The Kier molecular flexibility index (Phi) is 5.46. The van der Waals surface area contributed by atoms with Gasteiger partial charge in [-0.15, -0.1) is 12.4 Å². The first-order valence-corrected chi connectivity index (χ1v) is 5.57. The van der Waals surface area contributed by atoms with Crippen LogP contribution in [0.3, 0.4) is 0 Å². The molecule has 0 aromatic heterocycles. The fourth-order valence-corrected chi connectivity index (χ4v) is 1.53. The molecule has 0 unspecified atom stereocenters. The Morgan fingerprint density at radius 3 is 2.30 bits per heavy atom. The molecule has 2 aromatic carbocycles. The van der Waals surface area contributed by atoms with Crippen molar-refractivity contribution in [3.8, 4) is 5.75 Å². The lowest BCUT2D eigenvalue weighted by atomic mass is 10.2. The Bertz CT molecular complexity index is 603. The van der Waals surface area contributed by atoms with Gasteiger partial charge in [-0.25, -0.2) is 8.78 Å². The molecule has 0 saturated heterocycles. The van der Waals surface area contributed by atoms with Crippen LogP contribution in [0.25, 0.3) is 0 Å². The van der Waals surface area contributed by atoms with E-state index < -0.39 is 5.82 Å². The molecule has 0 radical (unpaired) electrons. The Hall–Kier alpha value is -2.14. The smallest absolute Gasteiger partial charge is 0.165 e. The maximum Gasteiger partial charge on any atom is 0.165 e. The molecule has 0 amide bonds. The fraction of sp³-hybridized carbons (Fsp3) is 0.0714. The molecular formula is C14H13ClF2N2O. The monoisotopic (exact) mass is 298 g/mol. The van der Waals surface area contributed by atoms with E-state index in [1.165, 1.54) is 24.3 Å². The van der Waals surface area contributed by atoms with Crippen LogP contribution >= 0.6 is 12.4 Å². The highest BCUT2D eigenvalue weighted by Crippen LogP contribution is 2.19. The van der Waals surface area contributed by atoms with Crippen LogP contribution in [0.4, 0.5) is 8.78 Å². The lowest BCUT2D eigenvalue weighted by molar-refractivity contribution is 0.290. The molecule has 3 N–H and O–H groups in total. The van der Waals surface area contributed by atoms with Gasteiger partial charge in [0.05, 0.1) is 0 Å². The number of amidine groups is 1. The van der Waals surface area contributed by atoms with Gasteiger partial charge in [0.2, 0.25) is 0 Å². The number of nitrogen functional groups attached to an aromatic ring is 1. The van der Waals surface area contributed by atoms with Gasteiger partial charge in [0, 0.05) is 5.56 Å². The average Bonchev–Trinajstić information content (AvgIpc) is 2.39. The van der Waals surface area contributed by atoms with Crippen molar-refractivity contribution in [1.29, 1.82) is 5.41 Å². The maximum atomic E-state index is 13.6. The third-order valence-corrected chi connectivity index (χ3v) is 2.55. The molecule has 0 aliphatic heterocycles. The standard InChI is InChI=1S/C14H12F2N2O.ClH/c15-11-4-1-9(2-5-11)8-19-13-6-3-10(14(17)18)7-12(13)16;/h1-7H,8H2,(H3,17,18);1H. The Morgan fingerprint density at radius 2 is 1.75 bits per heavy atom. The summed E-state index contributed by atoms with van der Waals surface area (Å²) in [5.41, 5.74) is 6.28. The highest BCUT2D eigenvalue weighted by Gasteiger charge is 2.06. The van der Waals surface area contributed by atoms with Crippen LogP contribution in [0, 0.1) is 17.0 Å². The number of rotatable bonds is 4. The summed E-state index contributed by atoms with van der Waals surface area (Å²) >= 11 is 0. The maximum absolute atomic E-state index is 13.6. The van der Waals surface area contributed by atoms with Crippen LogP contribution in [0.5, 0.6) is 5.75 Å². The molecule has 0 aliphatic rings. The van der Waals surface area contributed by atoms with Crippen molar-refractivity contribution in [3.63, 3.8) is 0 Å². The highest BCUT2D eigenvalue weighted by atomic mass is 35.5. The molecule has 3 nitrogen and oxygen atoms in total. The number of nitrogens with two attached hydrogens (primary N) is 1. The third-order valence-electron chi connectivity index (χ3n) is 2.55. The second-order valence-electron chi connectivity index (χ2n) is 3.97. The number of hydrogen-bond donors (Lipinski definition) is 2. The van der Waals surface area contributed by atoms with Crippen molar-refractivity contribution >= 4 is 18.2 Å². The van der Waals surface area contributed by atoms with Crippen LogP contribution in [0.2, 0.25) is 0 Å². The van der Waals surface area contributed by atoms with Crippen LogP contribution in [-0.4, -0.2) is 5.84 Å². The highest BCUT2D eigenvalue weighted by molar-refractivity contribution is 5.95. The van der Waals surface area contributed by atoms with Crippen molar-refractivity contribution in [2.24, 2.45) is 5.73 Å². The molecular weight excluding hydrogens is 286 g/mol. The minimum absolute atomic E-state index is 0. The summed E-state index contributed by atoms with van der Waals surface area (Å²) in [6, 6.07) is 9.82. The van der Waals surface area contributed by atoms with Gasteiger partial charge in [-0.05, 0) is 35.9 Å². The normalized spacial score (nSPS) is 9.70. The first-order chi connectivity index (χ1) is 9.06. The molecule has 106 valence electrons. The van der Waals surface area contributed by atoms with Gasteiger partial charge in [0.15, 0.2) is 11.6 Å². The molecule has 2 aromatic rings. The zero-order valence-electron chi connectivity index (χ0n) is 10.4. The zero-order valence-corrected chi connectivity index (χ0v) is 11.2. The van der Waals surface area contributed by atoms with Gasteiger partial charge in [0.1, 0.15) is 18.3 Å². The van der Waals surface area contributed by atoms with E-state index in [2.05, 4.69) is 0 Å². The summed E-state index contributed by atoms with van der Waals surface area (Å²) < 4.78 is 31.6. The van der Waals surface area contributed by atoms with Crippen molar-refractivity contribution in [2.75, 3.05) is 0 Å². The lowest BCUT2D eigenvalue weighted by Gasteiger charge is -2.08. The summed E-state index contributed by atoms with van der Waals surface area (Å²) in [6.45, 7) is 0.136. The van der Waals surface area contributed by atoms with Gasteiger partial charge in [-0.2, -0.15) is 0 Å². The summed E-state index contributed by atoms with van der Waals surface area (Å²) in [4.78, 5) is 0. The van der Waals surface area contributed by atoms with E-state index in [0.717, 1.165) is 11.6 Å². The van der Waals surface area contributed by atoms with Crippen molar-refractivity contribution in [2.45, 2.75) is 6.61 Å². The molecule has 0 bridgehead atoms. The van der Waals surface area contributed by atoms with Gasteiger partial charge in [-0.1, -0.05) is 12.1 Å². The van der Waals surface area contributed by atoms with Gasteiger partial charge in [-0.3, -0.25) is 5.41 Å². The summed E-state index contributed by atoms with van der Waals surface area (Å²) in [6.07, 6.45) is 0. The van der Waals surface area contributed by atoms with E-state index in [1.807, 2.05) is 0 Å². The quantitative estimate of drug-likeness (QED) is 0.672. The Balaban J connectivity index is 0.00000200. The molecule has 20 heavy (non-hydrogen) atoms. The summed E-state index contributed by atoms with van der Waals surface area (Å²) in [5.74, 6) is -1.06. The van der Waals surface area contributed by atoms with Gasteiger partial charge in [0.25, 0.3) is 0 Å². The minimum Gasteiger partial charge on any atom is -0.486 e. The van der Waals surface area contributed by atoms with Crippen LogP contribution < -0.4 is 10.5 Å². The number of nitrogens with one attached hydrogen (secondary N) is 1. The molecule has 0 spiro atoms. The number of ether oxygens (including phenoxy) is 1. The summed E-state index contributed by atoms with van der Waals surface area (Å²) in [7, 11) is 0. The molecule has 2 rings (SSSR count). The van der Waals surface area contributed by atoms with Gasteiger partial charge < -0.3 is 10.5 Å². The molecule has 0 fully saturated rings. The van der Waals surface area contributed by atoms with E-state index in [0.29, 0.717) is 5.56 Å². The fourth-order valence-electron chi connectivity index (χ4n) is 1.53. The molecule has 0 saturated carbocycles. The summed E-state index contributed by atoms with van der Waals surface area (Å²) in [5, 5.41) is 7.19. The molecule has 0 aliphatic carbocycles. The van der Waals surface area contributed by atoms with Crippen molar-refractivity contribution in [1.82, 2.24) is 0 Å². The van der Waals surface area contributed by atoms with Crippen LogP contribution in [0.1, 0.15) is 11.1 Å². The molecule has 0 heterocycles. The third kappa shape index (κ3) is 3.93. The molecule has 6 heteroatoms. The van der Waals surface area contributed by atoms with E-state index in [9.17, 15) is 8.78 Å². The number of hydrogen-bond acceptors (Lipinski definition) is 2. The predicted octanol–water partition coefficient (Wildman–Crippen LogP) is 3.25. The van der Waals surface area contributed by atoms with E-state index in [-0.39, 0.29) is 36.4 Å². The number of halogens is 3. The van der Waals surface area contributed by atoms with Gasteiger partial charge >= 0.3 is 0 Å². The topological polar surface area (TPSA) is 59.1 Å². The minimum atomic E-state index is -0.588. The average molecular weight is 299 g/mol. The number of benzene rings is 2. The molecule has 0 atom stereocenters. The lowest BCUT2D eigenvalue weighted by Crippen LogP contribution is -2.11. The van der Waals surface area contributed by atoms with E-state index >= 15 is 0 Å². The van der Waals surface area contributed by atoms with Crippen molar-refractivity contribution < 1.29 is 13.5 Å². The first kappa shape index (κ1) is 15.9. The van der Waals surface area contributed by atoms with Crippen LogP contribution in [0.15, 0.2) is 42.5 Å². The second-order valence-corrected chi connectivity index (χ2v) is 3.97. The van der Waals surface area contributed by atoms with E-state index in [1.54, 1.807) is 12.1 Å². The first-order valence-electron chi connectivity index (χ1n) is 5.57. The van der Waals surface area contributed by atoms with Crippen molar-refractivity contribution in [3.05, 3.63) is 65.2 Å². The Morgan fingerprint density at radius 1 is 1.10 bits per heavy atom. The largest absolute Gasteiger partial charge is 0.486 e. The zero-order chi connectivity index (χ0) is 13.8. The van der Waals surface area contributed by atoms with Crippen LogP contribution in [-0.2, 0) is 6.61 Å². The van der Waals surface area contributed by atoms with E-state index in [4.69, 9.17) is 15.9 Å². The predicted molar refractivity (Wildman–Crippen MR) is 75.4 cm³/mol.